The van der Waals surface area contributed by atoms with Gasteiger partial charge >= 0.3 is 0 Å². The van der Waals surface area contributed by atoms with Crippen molar-refractivity contribution in [3.05, 3.63) is 52.0 Å². The molecule has 0 aliphatic carbocycles. The van der Waals surface area contributed by atoms with E-state index in [0.29, 0.717) is 10.9 Å². The van der Waals surface area contributed by atoms with Crippen LogP contribution in [0.3, 0.4) is 0 Å². The lowest BCUT2D eigenvalue weighted by molar-refractivity contribution is -0.117. The van der Waals surface area contributed by atoms with Gasteiger partial charge in [0.2, 0.25) is 5.88 Å². The first kappa shape index (κ1) is 16.2. The van der Waals surface area contributed by atoms with E-state index >= 15 is 0 Å². The molecule has 7 heteroatoms. The van der Waals surface area contributed by atoms with Crippen LogP contribution >= 0.6 is 15.9 Å². The van der Waals surface area contributed by atoms with Gasteiger partial charge in [-0.2, -0.15) is 0 Å². The Kier molecular flexibility index (Phi) is 4.35. The second-order valence-corrected chi connectivity index (χ2v) is 6.21. The summed E-state index contributed by atoms with van der Waals surface area (Å²) >= 11 is 3.43. The lowest BCUT2D eigenvalue weighted by atomic mass is 10.1. The molecular formula is C17H14BrN3O3. The molecule has 1 amide bonds. The van der Waals surface area contributed by atoms with Crippen LogP contribution in [0.4, 0.5) is 5.69 Å². The molecule has 0 unspecified atom stereocenters. The van der Waals surface area contributed by atoms with Crippen LogP contribution in [0.2, 0.25) is 0 Å². The van der Waals surface area contributed by atoms with Gasteiger partial charge in [0, 0.05) is 9.86 Å². The van der Waals surface area contributed by atoms with Crippen molar-refractivity contribution in [2.45, 2.75) is 13.3 Å². The Morgan fingerprint density at radius 1 is 1.17 bits per heavy atom. The Morgan fingerprint density at radius 3 is 2.58 bits per heavy atom. The molecule has 3 aromatic rings. The SMILES string of the molecule is Cc1c(Br)ccc2[nH]c(O)c(N=NC(=O)Cc3ccc(O)cc3)c12. The minimum atomic E-state index is -0.443. The lowest BCUT2D eigenvalue weighted by Gasteiger charge is -2.00. The number of hydrogen-bond acceptors (Lipinski definition) is 4. The maximum Gasteiger partial charge on any atom is 0.269 e. The number of hydrogen-bond donors (Lipinski definition) is 3. The number of aromatic hydroxyl groups is 2. The number of fused-ring (bicyclic) bond motifs is 1. The number of phenolic OH excluding ortho intramolecular Hbond substituents is 1. The smallest absolute Gasteiger partial charge is 0.269 e. The van der Waals surface area contributed by atoms with Crippen LogP contribution in [0.25, 0.3) is 10.9 Å². The third-order valence-electron chi connectivity index (χ3n) is 3.67. The molecule has 3 rings (SSSR count). The van der Waals surface area contributed by atoms with Crippen molar-refractivity contribution in [2.75, 3.05) is 0 Å². The Balaban J connectivity index is 1.87. The zero-order valence-electron chi connectivity index (χ0n) is 12.7. The molecule has 0 aliphatic rings. The monoisotopic (exact) mass is 387 g/mol. The number of phenols is 1. The summed E-state index contributed by atoms with van der Waals surface area (Å²) in [7, 11) is 0. The highest BCUT2D eigenvalue weighted by atomic mass is 79.9. The fourth-order valence-electron chi connectivity index (χ4n) is 2.43. The second kappa shape index (κ2) is 6.45. The quantitative estimate of drug-likeness (QED) is 0.576. The number of aromatic nitrogens is 1. The van der Waals surface area contributed by atoms with Gasteiger partial charge in [-0.25, -0.2) is 0 Å². The van der Waals surface area contributed by atoms with Crippen molar-refractivity contribution in [2.24, 2.45) is 10.2 Å². The third-order valence-corrected chi connectivity index (χ3v) is 4.53. The first-order chi connectivity index (χ1) is 11.5. The van der Waals surface area contributed by atoms with Crippen LogP contribution in [-0.2, 0) is 11.2 Å². The molecule has 0 bridgehead atoms. The minimum absolute atomic E-state index is 0.0651. The number of nitrogens with one attached hydrogen (secondary N) is 1. The standard InChI is InChI=1S/C17H14BrN3O3/c1-9-12(18)6-7-13-15(9)16(17(24)19-13)21-20-14(23)8-10-2-4-11(22)5-3-10/h2-7,19,22,24H,8H2,1H3. The van der Waals surface area contributed by atoms with Crippen LogP contribution in [0.15, 0.2) is 51.1 Å². The van der Waals surface area contributed by atoms with Gasteiger partial charge in [-0.3, -0.25) is 4.79 Å². The van der Waals surface area contributed by atoms with Crippen LogP contribution in [-0.4, -0.2) is 21.1 Å². The largest absolute Gasteiger partial charge is 0.508 e. The zero-order valence-corrected chi connectivity index (χ0v) is 14.3. The van der Waals surface area contributed by atoms with E-state index in [2.05, 4.69) is 31.1 Å². The van der Waals surface area contributed by atoms with Gasteiger partial charge in [0.15, 0.2) is 5.69 Å². The predicted molar refractivity (Wildman–Crippen MR) is 93.7 cm³/mol. The predicted octanol–water partition coefficient (Wildman–Crippen LogP) is 4.50. The second-order valence-electron chi connectivity index (χ2n) is 5.35. The Morgan fingerprint density at radius 2 is 1.88 bits per heavy atom. The van der Waals surface area contributed by atoms with Crippen molar-refractivity contribution in [1.82, 2.24) is 4.98 Å². The third kappa shape index (κ3) is 3.16. The van der Waals surface area contributed by atoms with E-state index in [4.69, 9.17) is 0 Å². The van der Waals surface area contributed by atoms with Crippen molar-refractivity contribution < 1.29 is 15.0 Å². The molecule has 0 fully saturated rings. The first-order valence-electron chi connectivity index (χ1n) is 7.18. The number of aryl methyl sites for hydroxylation is 1. The first-order valence-corrected chi connectivity index (χ1v) is 7.97. The normalized spacial score (nSPS) is 11.4. The van der Waals surface area contributed by atoms with Gasteiger partial charge in [0.1, 0.15) is 5.75 Å². The van der Waals surface area contributed by atoms with Crippen molar-refractivity contribution in [3.8, 4) is 11.6 Å². The fraction of sp³-hybridized carbons (Fsp3) is 0.118. The molecule has 1 aromatic heterocycles. The van der Waals surface area contributed by atoms with Crippen LogP contribution in [0.5, 0.6) is 11.6 Å². The summed E-state index contributed by atoms with van der Waals surface area (Å²) in [6, 6.07) is 9.98. The molecule has 0 aliphatic heterocycles. The van der Waals surface area contributed by atoms with E-state index in [1.807, 2.05) is 19.1 Å². The molecule has 0 saturated carbocycles. The number of carbonyl (C=O) groups is 1. The Hall–Kier alpha value is -2.67. The molecule has 0 saturated heterocycles. The topological polar surface area (TPSA) is 98.0 Å². The summed E-state index contributed by atoms with van der Waals surface area (Å²) in [6.45, 7) is 1.89. The fourth-order valence-corrected chi connectivity index (χ4v) is 2.76. The zero-order chi connectivity index (χ0) is 17.3. The molecule has 6 nitrogen and oxygen atoms in total. The number of aromatic amines is 1. The van der Waals surface area contributed by atoms with E-state index in [9.17, 15) is 15.0 Å². The maximum atomic E-state index is 12.0. The highest BCUT2D eigenvalue weighted by molar-refractivity contribution is 9.10. The van der Waals surface area contributed by atoms with E-state index in [1.165, 1.54) is 12.1 Å². The number of amides is 1. The summed E-state index contributed by atoms with van der Waals surface area (Å²) in [5.74, 6) is -0.438. The summed E-state index contributed by atoms with van der Waals surface area (Å²) in [5.41, 5.74) is 2.57. The number of benzene rings is 2. The van der Waals surface area contributed by atoms with Gasteiger partial charge in [-0.05, 0) is 42.3 Å². The highest BCUT2D eigenvalue weighted by Gasteiger charge is 2.14. The number of nitrogens with zero attached hydrogens (tertiary/aromatic N) is 2. The van der Waals surface area contributed by atoms with Crippen molar-refractivity contribution in [1.29, 1.82) is 0 Å². The number of halogens is 1. The van der Waals surface area contributed by atoms with Gasteiger partial charge in [-0.1, -0.05) is 28.1 Å². The maximum absolute atomic E-state index is 12.0. The molecule has 0 atom stereocenters. The summed E-state index contributed by atoms with van der Waals surface area (Å²) in [4.78, 5) is 14.8. The number of rotatable bonds is 3. The lowest BCUT2D eigenvalue weighted by Crippen LogP contribution is -1.97. The van der Waals surface area contributed by atoms with Crippen LogP contribution in [0, 0.1) is 6.92 Å². The van der Waals surface area contributed by atoms with E-state index in [-0.39, 0.29) is 23.7 Å². The summed E-state index contributed by atoms with van der Waals surface area (Å²) < 4.78 is 0.876. The summed E-state index contributed by atoms with van der Waals surface area (Å²) in [5, 5.41) is 27.6. The van der Waals surface area contributed by atoms with Crippen LogP contribution < -0.4 is 0 Å². The molecule has 0 radical (unpaired) electrons. The van der Waals surface area contributed by atoms with Crippen molar-refractivity contribution in [3.63, 3.8) is 0 Å². The number of H-pyrrole nitrogens is 1. The van der Waals surface area contributed by atoms with Gasteiger partial charge < -0.3 is 15.2 Å². The molecular weight excluding hydrogens is 374 g/mol. The Bertz CT molecular complexity index is 946. The molecule has 1 heterocycles. The summed E-state index contributed by atoms with van der Waals surface area (Å²) in [6.07, 6.45) is 0.0651. The van der Waals surface area contributed by atoms with E-state index < -0.39 is 5.91 Å². The van der Waals surface area contributed by atoms with Gasteiger partial charge in [-0.15, -0.1) is 10.2 Å². The minimum Gasteiger partial charge on any atom is -0.508 e. The molecule has 0 spiro atoms. The molecule has 122 valence electrons. The van der Waals surface area contributed by atoms with E-state index in [1.54, 1.807) is 12.1 Å². The average molecular weight is 388 g/mol. The molecule has 3 N–H and O–H groups in total. The van der Waals surface area contributed by atoms with Crippen molar-refractivity contribution >= 4 is 38.4 Å². The Labute approximate surface area is 146 Å². The average Bonchev–Trinajstić information content (AvgIpc) is 2.87. The van der Waals surface area contributed by atoms with Gasteiger partial charge in [0.25, 0.3) is 5.91 Å². The van der Waals surface area contributed by atoms with E-state index in [0.717, 1.165) is 15.6 Å². The highest BCUT2D eigenvalue weighted by Crippen LogP contribution is 2.39. The molecule has 24 heavy (non-hydrogen) atoms. The molecule has 2 aromatic carbocycles. The van der Waals surface area contributed by atoms with Gasteiger partial charge in [0.05, 0.1) is 11.9 Å². The van der Waals surface area contributed by atoms with Crippen LogP contribution in [0.1, 0.15) is 11.1 Å². The number of carbonyl (C=O) groups excluding carboxylic acids is 1. The number of azo groups is 1.